The van der Waals surface area contributed by atoms with Crippen LogP contribution in [0.25, 0.3) is 0 Å². The quantitative estimate of drug-likeness (QED) is 0.743. The van der Waals surface area contributed by atoms with Crippen LogP contribution in [0.15, 0.2) is 66.7 Å². The van der Waals surface area contributed by atoms with Crippen LogP contribution in [0.5, 0.6) is 11.5 Å². The van der Waals surface area contributed by atoms with Gasteiger partial charge in [0.2, 0.25) is 5.91 Å². The molecule has 0 fully saturated rings. The third-order valence-corrected chi connectivity index (χ3v) is 5.43. The SMILES string of the molecule is O=C(Nc1c2c(cc3c1OCC3)OCC2)C(c1ccccc1)c1ccccc1. The first-order valence-corrected chi connectivity index (χ1v) is 9.66. The molecule has 2 aliphatic heterocycles. The molecule has 0 radical (unpaired) electrons. The second-order valence-corrected chi connectivity index (χ2v) is 7.16. The maximum atomic E-state index is 13.5. The molecular weight excluding hydrogens is 350 g/mol. The van der Waals surface area contributed by atoms with Gasteiger partial charge in [-0.25, -0.2) is 0 Å². The van der Waals surface area contributed by atoms with E-state index in [1.807, 2.05) is 60.7 Å². The normalized spacial score (nSPS) is 14.2. The van der Waals surface area contributed by atoms with E-state index in [0.717, 1.165) is 52.3 Å². The lowest BCUT2D eigenvalue weighted by molar-refractivity contribution is -0.116. The number of hydrogen-bond acceptors (Lipinski definition) is 3. The summed E-state index contributed by atoms with van der Waals surface area (Å²) in [5.74, 6) is 1.22. The molecule has 0 spiro atoms. The summed E-state index contributed by atoms with van der Waals surface area (Å²) in [6.45, 7) is 1.28. The summed E-state index contributed by atoms with van der Waals surface area (Å²) in [6, 6.07) is 21.8. The summed E-state index contributed by atoms with van der Waals surface area (Å²) in [6.07, 6.45) is 1.62. The summed E-state index contributed by atoms with van der Waals surface area (Å²) < 4.78 is 11.6. The highest BCUT2D eigenvalue weighted by molar-refractivity contribution is 6.00. The van der Waals surface area contributed by atoms with E-state index in [2.05, 4.69) is 11.4 Å². The van der Waals surface area contributed by atoms with Crippen LogP contribution in [-0.4, -0.2) is 19.1 Å². The summed E-state index contributed by atoms with van der Waals surface area (Å²) in [5.41, 5.74) is 4.85. The topological polar surface area (TPSA) is 47.6 Å². The minimum absolute atomic E-state index is 0.0598. The first kappa shape index (κ1) is 16.9. The highest BCUT2D eigenvalue weighted by Gasteiger charge is 2.30. The van der Waals surface area contributed by atoms with Crippen molar-refractivity contribution in [1.82, 2.24) is 0 Å². The van der Waals surface area contributed by atoms with Gasteiger partial charge in [-0.3, -0.25) is 4.79 Å². The third-order valence-electron chi connectivity index (χ3n) is 5.43. The van der Waals surface area contributed by atoms with E-state index in [-0.39, 0.29) is 5.91 Å². The first-order chi connectivity index (χ1) is 13.8. The van der Waals surface area contributed by atoms with Crippen LogP contribution in [0.3, 0.4) is 0 Å². The Kier molecular flexibility index (Phi) is 4.24. The molecule has 0 unspecified atom stereocenters. The fraction of sp³-hybridized carbons (Fsp3) is 0.208. The number of rotatable bonds is 4. The van der Waals surface area contributed by atoms with E-state index >= 15 is 0 Å². The summed E-state index contributed by atoms with van der Waals surface area (Å²) in [5, 5.41) is 3.20. The van der Waals surface area contributed by atoms with Crippen LogP contribution in [-0.2, 0) is 17.6 Å². The molecule has 0 aromatic heterocycles. The van der Waals surface area contributed by atoms with Gasteiger partial charge in [-0.05, 0) is 17.2 Å². The van der Waals surface area contributed by atoms with Crippen molar-refractivity contribution in [1.29, 1.82) is 0 Å². The highest BCUT2D eigenvalue weighted by atomic mass is 16.5. The second-order valence-electron chi connectivity index (χ2n) is 7.16. The molecule has 0 bridgehead atoms. The van der Waals surface area contributed by atoms with Crippen molar-refractivity contribution in [3.8, 4) is 11.5 Å². The number of carbonyl (C=O) groups is 1. The summed E-state index contributed by atoms with van der Waals surface area (Å²) in [7, 11) is 0. The van der Waals surface area contributed by atoms with Gasteiger partial charge in [0.15, 0.2) is 0 Å². The molecular formula is C24H21NO3. The van der Waals surface area contributed by atoms with E-state index < -0.39 is 5.92 Å². The molecule has 28 heavy (non-hydrogen) atoms. The van der Waals surface area contributed by atoms with E-state index in [4.69, 9.17) is 9.47 Å². The van der Waals surface area contributed by atoms with Crippen LogP contribution >= 0.6 is 0 Å². The first-order valence-electron chi connectivity index (χ1n) is 9.66. The van der Waals surface area contributed by atoms with Gasteiger partial charge >= 0.3 is 0 Å². The lowest BCUT2D eigenvalue weighted by Crippen LogP contribution is -2.23. The van der Waals surface area contributed by atoms with Gasteiger partial charge in [-0.2, -0.15) is 0 Å². The zero-order valence-corrected chi connectivity index (χ0v) is 15.5. The van der Waals surface area contributed by atoms with Crippen LogP contribution < -0.4 is 14.8 Å². The van der Waals surface area contributed by atoms with Crippen LogP contribution in [0.1, 0.15) is 28.2 Å². The summed E-state index contributed by atoms with van der Waals surface area (Å²) in [4.78, 5) is 13.5. The lowest BCUT2D eigenvalue weighted by Gasteiger charge is -2.20. The largest absolute Gasteiger partial charge is 0.493 e. The average Bonchev–Trinajstić information content (AvgIpc) is 3.39. The Bertz CT molecular complexity index is 943. The van der Waals surface area contributed by atoms with Gasteiger partial charge in [0.1, 0.15) is 11.5 Å². The third kappa shape index (κ3) is 2.91. The van der Waals surface area contributed by atoms with Gasteiger partial charge in [-0.1, -0.05) is 60.7 Å². The van der Waals surface area contributed by atoms with Gasteiger partial charge in [0.25, 0.3) is 0 Å². The Morgan fingerprint density at radius 2 is 1.50 bits per heavy atom. The predicted octanol–water partition coefficient (Wildman–Crippen LogP) is 4.33. The molecule has 0 saturated heterocycles. The summed E-state index contributed by atoms with van der Waals surface area (Å²) >= 11 is 0. The van der Waals surface area contributed by atoms with Gasteiger partial charge < -0.3 is 14.8 Å². The molecule has 2 heterocycles. The molecule has 0 saturated carbocycles. The Morgan fingerprint density at radius 3 is 2.18 bits per heavy atom. The fourth-order valence-electron chi connectivity index (χ4n) is 4.10. The van der Waals surface area contributed by atoms with E-state index in [1.54, 1.807) is 0 Å². The van der Waals surface area contributed by atoms with E-state index in [0.29, 0.717) is 13.2 Å². The second kappa shape index (κ2) is 7.04. The van der Waals surface area contributed by atoms with Crippen molar-refractivity contribution in [2.45, 2.75) is 18.8 Å². The van der Waals surface area contributed by atoms with Gasteiger partial charge in [-0.15, -0.1) is 0 Å². The maximum absolute atomic E-state index is 13.5. The number of fused-ring (bicyclic) bond motifs is 2. The highest BCUT2D eigenvalue weighted by Crippen LogP contribution is 2.44. The standard InChI is InChI=1S/C24H21NO3/c26-24(21(16-7-3-1-4-8-16)17-9-5-2-6-10-17)25-22-19-12-14-27-20(19)15-18-11-13-28-23(18)22/h1-10,15,21H,11-14H2,(H,25,26). The molecule has 3 aromatic rings. The Labute approximate surface area is 164 Å². The number of amides is 1. The number of ether oxygens (including phenoxy) is 2. The Hall–Kier alpha value is -3.27. The Balaban J connectivity index is 1.55. The average molecular weight is 371 g/mol. The molecule has 0 aliphatic carbocycles. The van der Waals surface area contributed by atoms with Gasteiger partial charge in [0, 0.05) is 24.0 Å². The maximum Gasteiger partial charge on any atom is 0.236 e. The molecule has 2 aliphatic rings. The zero-order valence-electron chi connectivity index (χ0n) is 15.5. The number of carbonyl (C=O) groups excluding carboxylic acids is 1. The lowest BCUT2D eigenvalue weighted by atomic mass is 9.90. The van der Waals surface area contributed by atoms with Crippen LogP contribution in [0, 0.1) is 0 Å². The zero-order chi connectivity index (χ0) is 18.9. The molecule has 140 valence electrons. The van der Waals surface area contributed by atoms with E-state index in [9.17, 15) is 4.79 Å². The number of hydrogen-bond donors (Lipinski definition) is 1. The van der Waals surface area contributed by atoms with Crippen molar-refractivity contribution in [2.75, 3.05) is 18.5 Å². The van der Waals surface area contributed by atoms with Crippen molar-refractivity contribution < 1.29 is 14.3 Å². The van der Waals surface area contributed by atoms with Crippen molar-refractivity contribution >= 4 is 11.6 Å². The van der Waals surface area contributed by atoms with E-state index in [1.165, 1.54) is 0 Å². The van der Waals surface area contributed by atoms with Crippen LogP contribution in [0.2, 0.25) is 0 Å². The monoisotopic (exact) mass is 371 g/mol. The van der Waals surface area contributed by atoms with Crippen LogP contribution in [0.4, 0.5) is 5.69 Å². The predicted molar refractivity (Wildman–Crippen MR) is 108 cm³/mol. The minimum Gasteiger partial charge on any atom is -0.493 e. The molecule has 4 heteroatoms. The number of benzene rings is 3. The number of anilines is 1. The van der Waals surface area contributed by atoms with Crippen molar-refractivity contribution in [2.24, 2.45) is 0 Å². The molecule has 4 nitrogen and oxygen atoms in total. The molecule has 3 aromatic carbocycles. The minimum atomic E-state index is -0.391. The molecule has 5 rings (SSSR count). The molecule has 1 amide bonds. The molecule has 0 atom stereocenters. The van der Waals surface area contributed by atoms with Crippen molar-refractivity contribution in [3.63, 3.8) is 0 Å². The van der Waals surface area contributed by atoms with Crippen molar-refractivity contribution in [3.05, 3.63) is 89.0 Å². The fourth-order valence-corrected chi connectivity index (χ4v) is 4.10. The van der Waals surface area contributed by atoms with Gasteiger partial charge in [0.05, 0.1) is 24.8 Å². The smallest absolute Gasteiger partial charge is 0.236 e. The number of nitrogens with one attached hydrogen (secondary N) is 1. The Morgan fingerprint density at radius 1 is 0.857 bits per heavy atom. The molecule has 1 N–H and O–H groups in total.